The van der Waals surface area contributed by atoms with E-state index in [4.69, 9.17) is 19.7 Å². The fourth-order valence-corrected chi connectivity index (χ4v) is 1.12. The molecule has 0 heterocycles. The summed E-state index contributed by atoms with van der Waals surface area (Å²) in [6, 6.07) is 8.30. The monoisotopic (exact) mass is 312 g/mol. The molecule has 0 bridgehead atoms. The molecule has 0 aliphatic carbocycles. The van der Waals surface area contributed by atoms with Gasteiger partial charge in [-0.25, -0.2) is 4.79 Å². The van der Waals surface area contributed by atoms with Crippen LogP contribution < -0.4 is 0 Å². The molecular formula is C17H28O5. The Hall–Kier alpha value is -1.88. The van der Waals surface area contributed by atoms with Crippen LogP contribution in [0.5, 0.6) is 0 Å². The highest BCUT2D eigenvalue weighted by Gasteiger charge is 1.96. The molecule has 1 aromatic carbocycles. The SMILES string of the molecule is CC(=O)O.CC(C)COCC(C)C.O=C(O)c1ccccc1. The summed E-state index contributed by atoms with van der Waals surface area (Å²) < 4.78 is 5.36. The Bertz CT molecular complexity index is 387. The molecule has 0 unspecified atom stereocenters. The van der Waals surface area contributed by atoms with Gasteiger partial charge in [-0.2, -0.15) is 0 Å². The quantitative estimate of drug-likeness (QED) is 0.864. The number of carboxylic acid groups (broad SMARTS) is 2. The molecule has 0 radical (unpaired) electrons. The van der Waals surface area contributed by atoms with Crippen molar-refractivity contribution in [3.05, 3.63) is 35.9 Å². The van der Waals surface area contributed by atoms with Gasteiger partial charge in [0.1, 0.15) is 0 Å². The van der Waals surface area contributed by atoms with Crippen LogP contribution in [-0.4, -0.2) is 35.4 Å². The van der Waals surface area contributed by atoms with Gasteiger partial charge in [-0.05, 0) is 24.0 Å². The Morgan fingerprint density at radius 3 is 1.55 bits per heavy atom. The molecule has 5 heteroatoms. The molecule has 0 amide bonds. The van der Waals surface area contributed by atoms with Gasteiger partial charge in [0.2, 0.25) is 0 Å². The summed E-state index contributed by atoms with van der Waals surface area (Å²) in [6.07, 6.45) is 0. The number of aliphatic carboxylic acids is 1. The molecule has 0 spiro atoms. The summed E-state index contributed by atoms with van der Waals surface area (Å²) in [7, 11) is 0. The fourth-order valence-electron chi connectivity index (χ4n) is 1.12. The molecule has 0 atom stereocenters. The van der Waals surface area contributed by atoms with E-state index in [9.17, 15) is 4.79 Å². The van der Waals surface area contributed by atoms with Crippen LogP contribution in [0.15, 0.2) is 30.3 Å². The van der Waals surface area contributed by atoms with E-state index >= 15 is 0 Å². The zero-order chi connectivity index (χ0) is 17.5. The van der Waals surface area contributed by atoms with Gasteiger partial charge >= 0.3 is 5.97 Å². The van der Waals surface area contributed by atoms with E-state index in [1.165, 1.54) is 0 Å². The lowest BCUT2D eigenvalue weighted by Gasteiger charge is -2.07. The Labute approximate surface area is 132 Å². The highest BCUT2D eigenvalue weighted by atomic mass is 16.5. The first kappa shape index (κ1) is 22.4. The highest BCUT2D eigenvalue weighted by Crippen LogP contribution is 1.97. The van der Waals surface area contributed by atoms with E-state index in [1.807, 2.05) is 0 Å². The third-order valence-electron chi connectivity index (χ3n) is 1.92. The van der Waals surface area contributed by atoms with Crippen LogP contribution in [0.4, 0.5) is 0 Å². The molecule has 126 valence electrons. The number of carboxylic acids is 2. The minimum Gasteiger partial charge on any atom is -0.481 e. The minimum absolute atomic E-state index is 0.331. The number of ether oxygens (including phenoxy) is 1. The molecular weight excluding hydrogens is 284 g/mol. The van der Waals surface area contributed by atoms with Gasteiger partial charge < -0.3 is 14.9 Å². The summed E-state index contributed by atoms with van der Waals surface area (Å²) in [5, 5.41) is 15.8. The van der Waals surface area contributed by atoms with Crippen LogP contribution in [-0.2, 0) is 9.53 Å². The van der Waals surface area contributed by atoms with Crippen LogP contribution in [0.1, 0.15) is 45.0 Å². The van der Waals surface area contributed by atoms with Crippen LogP contribution in [0.25, 0.3) is 0 Å². The zero-order valence-corrected chi connectivity index (χ0v) is 14.1. The second-order valence-corrected chi connectivity index (χ2v) is 5.52. The van der Waals surface area contributed by atoms with Crippen molar-refractivity contribution in [2.45, 2.75) is 34.6 Å². The van der Waals surface area contributed by atoms with Crippen molar-refractivity contribution in [3.63, 3.8) is 0 Å². The summed E-state index contributed by atoms with van der Waals surface area (Å²) in [4.78, 5) is 19.2. The van der Waals surface area contributed by atoms with Crippen molar-refractivity contribution in [2.24, 2.45) is 11.8 Å². The lowest BCUT2D eigenvalue weighted by molar-refractivity contribution is -0.134. The van der Waals surface area contributed by atoms with Crippen molar-refractivity contribution < 1.29 is 24.5 Å². The predicted octanol–water partition coefficient (Wildman–Crippen LogP) is 3.79. The molecule has 22 heavy (non-hydrogen) atoms. The maximum atomic E-state index is 10.2. The van der Waals surface area contributed by atoms with E-state index in [-0.39, 0.29) is 0 Å². The molecule has 0 aromatic heterocycles. The van der Waals surface area contributed by atoms with Crippen molar-refractivity contribution in [3.8, 4) is 0 Å². The number of benzene rings is 1. The average molecular weight is 312 g/mol. The first-order valence-corrected chi connectivity index (χ1v) is 7.22. The first-order valence-electron chi connectivity index (χ1n) is 7.22. The molecule has 0 fully saturated rings. The van der Waals surface area contributed by atoms with E-state index in [0.29, 0.717) is 17.4 Å². The second kappa shape index (κ2) is 14.1. The largest absolute Gasteiger partial charge is 0.481 e. The summed E-state index contributed by atoms with van der Waals surface area (Å²) in [5.74, 6) is -0.372. The van der Waals surface area contributed by atoms with Gasteiger partial charge in [0.25, 0.3) is 5.97 Å². The Kier molecular flexibility index (Phi) is 14.3. The lowest BCUT2D eigenvalue weighted by Crippen LogP contribution is -2.06. The minimum atomic E-state index is -0.879. The molecule has 5 nitrogen and oxygen atoms in total. The van der Waals surface area contributed by atoms with E-state index < -0.39 is 11.9 Å². The van der Waals surface area contributed by atoms with E-state index in [1.54, 1.807) is 30.3 Å². The van der Waals surface area contributed by atoms with Crippen LogP contribution in [0, 0.1) is 11.8 Å². The standard InChI is InChI=1S/C8H18O.C7H6O2.C2H4O2/c1-7(2)5-9-6-8(3)4;8-7(9)6-4-2-1-3-5-6;1-2(3)4/h7-8H,5-6H2,1-4H3;1-5H,(H,8,9);1H3,(H,3,4). The van der Waals surface area contributed by atoms with Crippen molar-refractivity contribution in [2.75, 3.05) is 13.2 Å². The molecule has 0 aliphatic heterocycles. The topological polar surface area (TPSA) is 83.8 Å². The Balaban J connectivity index is 0. The molecule has 0 saturated heterocycles. The predicted molar refractivity (Wildman–Crippen MR) is 87.2 cm³/mol. The van der Waals surface area contributed by atoms with Gasteiger partial charge in [-0.1, -0.05) is 45.9 Å². The molecule has 0 saturated carbocycles. The normalized spacial score (nSPS) is 9.41. The number of rotatable bonds is 5. The number of hydrogen-bond acceptors (Lipinski definition) is 3. The lowest BCUT2D eigenvalue weighted by atomic mass is 10.2. The third-order valence-corrected chi connectivity index (χ3v) is 1.92. The molecule has 1 aromatic rings. The number of carbonyl (C=O) groups is 2. The summed E-state index contributed by atoms with van der Waals surface area (Å²) in [6.45, 7) is 11.6. The smallest absolute Gasteiger partial charge is 0.335 e. The van der Waals surface area contributed by atoms with Gasteiger partial charge in [0.05, 0.1) is 5.56 Å². The average Bonchev–Trinajstić information content (AvgIpc) is 2.39. The molecule has 1 rings (SSSR count). The Morgan fingerprint density at radius 1 is 0.955 bits per heavy atom. The van der Waals surface area contributed by atoms with Gasteiger partial charge in [0, 0.05) is 20.1 Å². The van der Waals surface area contributed by atoms with Gasteiger partial charge in [-0.15, -0.1) is 0 Å². The van der Waals surface area contributed by atoms with Crippen LogP contribution in [0.2, 0.25) is 0 Å². The first-order chi connectivity index (χ1) is 10.2. The van der Waals surface area contributed by atoms with Crippen LogP contribution >= 0.6 is 0 Å². The van der Waals surface area contributed by atoms with Crippen molar-refractivity contribution in [1.29, 1.82) is 0 Å². The van der Waals surface area contributed by atoms with Crippen molar-refractivity contribution >= 4 is 11.9 Å². The summed E-state index contributed by atoms with van der Waals surface area (Å²) in [5.41, 5.74) is 0.331. The highest BCUT2D eigenvalue weighted by molar-refractivity contribution is 5.87. The van der Waals surface area contributed by atoms with E-state index in [2.05, 4.69) is 27.7 Å². The second-order valence-electron chi connectivity index (χ2n) is 5.52. The molecule has 2 N–H and O–H groups in total. The van der Waals surface area contributed by atoms with Gasteiger partial charge in [-0.3, -0.25) is 4.79 Å². The van der Waals surface area contributed by atoms with Crippen LogP contribution in [0.3, 0.4) is 0 Å². The Morgan fingerprint density at radius 2 is 1.32 bits per heavy atom. The zero-order valence-electron chi connectivity index (χ0n) is 14.1. The summed E-state index contributed by atoms with van der Waals surface area (Å²) >= 11 is 0. The maximum absolute atomic E-state index is 10.2. The third kappa shape index (κ3) is 20.4. The number of hydrogen-bond donors (Lipinski definition) is 2. The fraction of sp³-hybridized carbons (Fsp3) is 0.529. The van der Waals surface area contributed by atoms with E-state index in [0.717, 1.165) is 20.1 Å². The molecule has 0 aliphatic rings. The van der Waals surface area contributed by atoms with Gasteiger partial charge in [0.15, 0.2) is 0 Å². The van der Waals surface area contributed by atoms with Crippen molar-refractivity contribution in [1.82, 2.24) is 0 Å². The maximum Gasteiger partial charge on any atom is 0.335 e. The number of aromatic carboxylic acids is 1.